The van der Waals surface area contributed by atoms with Crippen LogP contribution >= 0.6 is 12.4 Å². The van der Waals surface area contributed by atoms with Gasteiger partial charge in [0.2, 0.25) is 0 Å². The molecule has 0 fully saturated rings. The molecule has 0 aliphatic carbocycles. The third-order valence-corrected chi connectivity index (χ3v) is 0. The molecular formula is HCl4Y. The van der Waals surface area contributed by atoms with Gasteiger partial charge in [0, 0.05) is 0 Å². The topological polar surface area (TPSA) is 0 Å². The van der Waals surface area contributed by atoms with Crippen LogP contribution in [0.25, 0.3) is 0 Å². The van der Waals surface area contributed by atoms with Gasteiger partial charge >= 0.3 is 32.7 Å². The molecule has 0 saturated heterocycles. The van der Waals surface area contributed by atoms with Crippen molar-refractivity contribution in [2.24, 2.45) is 0 Å². The molecule has 0 amide bonds. The van der Waals surface area contributed by atoms with E-state index in [1.54, 1.807) is 0 Å². The van der Waals surface area contributed by atoms with E-state index in [2.05, 4.69) is 0 Å². The molecule has 0 aliphatic rings. The van der Waals surface area contributed by atoms with Gasteiger partial charge in [-0.05, 0) is 0 Å². The molecule has 5 heavy (non-hydrogen) atoms. The molecule has 0 heterocycles. The number of halogens is 4. The summed E-state index contributed by atoms with van der Waals surface area (Å²) < 4.78 is 0. The zero-order valence-electron chi connectivity index (χ0n) is 2.12. The first kappa shape index (κ1) is 55.6. The Morgan fingerprint density at radius 2 is 0.600 bits per heavy atom. The van der Waals surface area contributed by atoms with Gasteiger partial charge in [-0.15, -0.1) is 12.4 Å². The van der Waals surface area contributed by atoms with Gasteiger partial charge in [-0.3, -0.25) is 0 Å². The first-order chi connectivity index (χ1) is 0. The summed E-state index contributed by atoms with van der Waals surface area (Å²) in [7, 11) is 0. The summed E-state index contributed by atoms with van der Waals surface area (Å²) in [6.07, 6.45) is 0. The molecule has 0 radical (unpaired) electrons. The maximum absolute atomic E-state index is 0. The average Bonchev–Trinajstić information content (AvgIpc) is 0. The number of rotatable bonds is 0. The fourth-order valence-electron chi connectivity index (χ4n) is 0. The van der Waals surface area contributed by atoms with Crippen molar-refractivity contribution in [2.75, 3.05) is 0 Å². The summed E-state index contributed by atoms with van der Waals surface area (Å²) in [6, 6.07) is 0. The second kappa shape index (κ2) is 33.9. The van der Waals surface area contributed by atoms with E-state index < -0.39 is 0 Å². The quantitative estimate of drug-likeness (QED) is 0.389. The van der Waals surface area contributed by atoms with E-state index in [0.29, 0.717) is 0 Å². The van der Waals surface area contributed by atoms with Gasteiger partial charge in [-0.25, -0.2) is 0 Å². The van der Waals surface area contributed by atoms with E-state index in [1.807, 2.05) is 0 Å². The summed E-state index contributed by atoms with van der Waals surface area (Å²) in [5.74, 6) is 0. The van der Waals surface area contributed by atoms with Crippen molar-refractivity contribution in [1.29, 1.82) is 0 Å². The van der Waals surface area contributed by atoms with Crippen LogP contribution in [-0.4, -0.2) is 0 Å². The Kier molecular flexibility index (Phi) is 377. The maximum Gasteiger partial charge on any atom is 3.00 e. The third kappa shape index (κ3) is 22.2. The summed E-state index contributed by atoms with van der Waals surface area (Å²) >= 11 is 0. The molecule has 0 N–H and O–H groups in total. The van der Waals surface area contributed by atoms with Gasteiger partial charge in [-0.1, -0.05) is 0 Å². The van der Waals surface area contributed by atoms with Crippen molar-refractivity contribution < 1.29 is 69.9 Å². The van der Waals surface area contributed by atoms with Gasteiger partial charge in [0.05, 0.1) is 0 Å². The molecule has 0 aromatic heterocycles. The molecule has 0 unspecified atom stereocenters. The molecule has 0 atom stereocenters. The minimum absolute atomic E-state index is 0. The van der Waals surface area contributed by atoms with Crippen molar-refractivity contribution in [2.45, 2.75) is 0 Å². The van der Waals surface area contributed by atoms with E-state index >= 15 is 0 Å². The maximum atomic E-state index is 0. The van der Waals surface area contributed by atoms with Crippen molar-refractivity contribution in [3.63, 3.8) is 0 Å². The van der Waals surface area contributed by atoms with Crippen LogP contribution in [0.1, 0.15) is 0 Å². The normalized spacial score (nSPS) is 0. The Hall–Kier alpha value is 2.26. The molecule has 0 bridgehead atoms. The van der Waals surface area contributed by atoms with Gasteiger partial charge in [0.1, 0.15) is 0 Å². The van der Waals surface area contributed by atoms with Crippen LogP contribution in [0.5, 0.6) is 0 Å². The summed E-state index contributed by atoms with van der Waals surface area (Å²) in [5, 5.41) is 0. The standard InChI is InChI=1S/4ClH.Y/h4*1H;/q;;;;+3/p-3. The molecule has 0 aromatic carbocycles. The van der Waals surface area contributed by atoms with Crippen molar-refractivity contribution in [1.82, 2.24) is 0 Å². The zero-order valence-corrected chi connectivity index (χ0v) is 8.04. The average molecular weight is 232 g/mol. The minimum Gasteiger partial charge on any atom is -1.00 e. The van der Waals surface area contributed by atoms with Crippen LogP contribution in [0.4, 0.5) is 0 Å². The predicted molar refractivity (Wildman–Crippen MR) is 7.25 cm³/mol. The van der Waals surface area contributed by atoms with Crippen LogP contribution in [0.3, 0.4) is 0 Å². The van der Waals surface area contributed by atoms with E-state index in [9.17, 15) is 0 Å². The van der Waals surface area contributed by atoms with E-state index in [4.69, 9.17) is 0 Å². The third-order valence-electron chi connectivity index (χ3n) is 0. The Labute approximate surface area is 81.4 Å². The molecule has 0 aromatic rings. The van der Waals surface area contributed by atoms with Crippen LogP contribution in [0.15, 0.2) is 0 Å². The van der Waals surface area contributed by atoms with Crippen LogP contribution in [0, 0.1) is 0 Å². The van der Waals surface area contributed by atoms with E-state index in [1.165, 1.54) is 0 Å². The minimum atomic E-state index is 0. The molecule has 0 spiro atoms. The Morgan fingerprint density at radius 1 is 0.600 bits per heavy atom. The first-order valence-corrected chi connectivity index (χ1v) is 0. The molecular weight excluding hydrogens is 231 g/mol. The van der Waals surface area contributed by atoms with Crippen LogP contribution < -0.4 is 37.2 Å². The summed E-state index contributed by atoms with van der Waals surface area (Å²) in [6.45, 7) is 0. The van der Waals surface area contributed by atoms with E-state index in [-0.39, 0.29) is 82.3 Å². The molecule has 5 heteroatoms. The Balaban J connectivity index is 0. The molecule has 32 valence electrons. The van der Waals surface area contributed by atoms with Gasteiger partial charge in [0.25, 0.3) is 0 Å². The fraction of sp³-hybridized carbons (Fsp3) is 0. The predicted octanol–water partition coefficient (Wildman–Crippen LogP) is -8.57. The second-order valence-corrected chi connectivity index (χ2v) is 0. The largest absolute Gasteiger partial charge is 3.00 e. The van der Waals surface area contributed by atoms with Crippen molar-refractivity contribution in [3.8, 4) is 0 Å². The molecule has 0 nitrogen and oxygen atoms in total. The smallest absolute Gasteiger partial charge is 1.00 e. The van der Waals surface area contributed by atoms with E-state index in [0.717, 1.165) is 0 Å². The van der Waals surface area contributed by atoms with Gasteiger partial charge in [-0.2, -0.15) is 0 Å². The van der Waals surface area contributed by atoms with Crippen molar-refractivity contribution >= 4 is 12.4 Å². The molecule has 0 rings (SSSR count). The Morgan fingerprint density at radius 3 is 0.600 bits per heavy atom. The SMILES string of the molecule is Cl.[Cl-].[Cl-].[Cl-].[Y+3]. The first-order valence-electron chi connectivity index (χ1n) is 0. The van der Waals surface area contributed by atoms with Gasteiger partial charge < -0.3 is 37.2 Å². The second-order valence-electron chi connectivity index (χ2n) is 0. The zero-order chi connectivity index (χ0) is 0. The number of hydrogen-bond donors (Lipinski definition) is 0. The van der Waals surface area contributed by atoms with Crippen LogP contribution in [-0.2, 0) is 32.7 Å². The summed E-state index contributed by atoms with van der Waals surface area (Å²) in [4.78, 5) is 0. The Bertz CT molecular complexity index is 3.61. The van der Waals surface area contributed by atoms with Crippen LogP contribution in [0.2, 0.25) is 0 Å². The summed E-state index contributed by atoms with van der Waals surface area (Å²) in [5.41, 5.74) is 0. The monoisotopic (exact) mass is 230 g/mol. The van der Waals surface area contributed by atoms with Gasteiger partial charge in [0.15, 0.2) is 0 Å². The van der Waals surface area contributed by atoms with Crippen molar-refractivity contribution in [3.05, 3.63) is 0 Å². The fourth-order valence-corrected chi connectivity index (χ4v) is 0. The number of hydrogen-bond acceptors (Lipinski definition) is 0. The molecule has 0 aliphatic heterocycles. The molecule has 0 saturated carbocycles.